The average molecular weight is 573 g/mol. The van der Waals surface area contributed by atoms with Crippen molar-refractivity contribution in [2.45, 2.75) is 25.3 Å². The lowest BCUT2D eigenvalue weighted by Gasteiger charge is -2.39. The van der Waals surface area contributed by atoms with Gasteiger partial charge in [0.1, 0.15) is 12.1 Å². The van der Waals surface area contributed by atoms with E-state index in [1.807, 2.05) is 42.3 Å². The molecule has 0 spiro atoms. The number of nitrogens with one attached hydrogen (secondary N) is 1. The van der Waals surface area contributed by atoms with Crippen LogP contribution >= 0.6 is 11.6 Å². The second kappa shape index (κ2) is 13.1. The predicted octanol–water partition coefficient (Wildman–Crippen LogP) is 4.44. The number of aromatic nitrogens is 3. The van der Waals surface area contributed by atoms with Crippen molar-refractivity contribution in [1.29, 1.82) is 0 Å². The van der Waals surface area contributed by atoms with Gasteiger partial charge in [-0.25, -0.2) is 4.98 Å². The van der Waals surface area contributed by atoms with Crippen LogP contribution in [0, 0.1) is 0 Å². The molecule has 0 radical (unpaired) electrons. The number of pyridine rings is 1. The van der Waals surface area contributed by atoms with Gasteiger partial charge < -0.3 is 19.9 Å². The molecule has 1 aliphatic rings. The molecule has 0 bridgehead atoms. The maximum Gasteiger partial charge on any atom is 0.254 e. The molecule has 5 rings (SSSR count). The number of fused-ring (bicyclic) bond motifs is 1. The van der Waals surface area contributed by atoms with Gasteiger partial charge in [-0.15, -0.1) is 0 Å². The Morgan fingerprint density at radius 2 is 1.88 bits per heavy atom. The monoisotopic (exact) mass is 572 g/mol. The molecule has 10 heteroatoms. The molecule has 0 saturated carbocycles. The van der Waals surface area contributed by atoms with E-state index in [4.69, 9.17) is 16.3 Å². The summed E-state index contributed by atoms with van der Waals surface area (Å²) in [5, 5.41) is 3.59. The summed E-state index contributed by atoms with van der Waals surface area (Å²) in [6.07, 6.45) is 5.29. The summed E-state index contributed by atoms with van der Waals surface area (Å²) in [5.74, 6) is 0.0509. The number of hydrogen-bond donors (Lipinski definition) is 1. The summed E-state index contributed by atoms with van der Waals surface area (Å²) in [4.78, 5) is 43.7. The minimum atomic E-state index is -0.208. The molecule has 2 atom stereocenters. The summed E-state index contributed by atoms with van der Waals surface area (Å²) in [6.45, 7) is 5.29. The summed E-state index contributed by atoms with van der Waals surface area (Å²) < 4.78 is 5.70. The molecule has 41 heavy (non-hydrogen) atoms. The number of amides is 2. The molecule has 3 heterocycles. The maximum atomic E-state index is 13.6. The number of carbonyl (C=O) groups excluding carboxylic acids is 2. The van der Waals surface area contributed by atoms with Crippen LogP contribution < -0.4 is 10.1 Å². The van der Waals surface area contributed by atoms with Crippen LogP contribution in [0.3, 0.4) is 0 Å². The van der Waals surface area contributed by atoms with Gasteiger partial charge >= 0.3 is 0 Å². The highest BCUT2D eigenvalue weighted by molar-refractivity contribution is 6.35. The normalized spacial score (nSPS) is 17.0. The van der Waals surface area contributed by atoms with E-state index < -0.39 is 0 Å². The Hall–Kier alpha value is -4.08. The summed E-state index contributed by atoms with van der Waals surface area (Å²) in [5.41, 5.74) is 3.11. The number of carbonyl (C=O) groups is 2. The first-order valence-electron chi connectivity index (χ1n) is 13.8. The number of benzene rings is 2. The van der Waals surface area contributed by atoms with Crippen LogP contribution in [-0.2, 0) is 0 Å². The van der Waals surface area contributed by atoms with Crippen molar-refractivity contribution in [1.82, 2.24) is 30.1 Å². The second-order valence-corrected chi connectivity index (χ2v) is 10.6. The average Bonchev–Trinajstić information content (AvgIpc) is 3.01. The molecular formula is C31H33ClN6O3. The number of likely N-dealkylation sites (N-methyl/N-ethyl adjacent to an activating group) is 1. The van der Waals surface area contributed by atoms with Gasteiger partial charge in [0.25, 0.3) is 11.8 Å². The first-order chi connectivity index (χ1) is 19.9. The van der Waals surface area contributed by atoms with Crippen molar-refractivity contribution in [2.75, 3.05) is 39.8 Å². The van der Waals surface area contributed by atoms with Gasteiger partial charge in [0, 0.05) is 61.8 Å². The van der Waals surface area contributed by atoms with Crippen LogP contribution in [-0.4, -0.2) is 82.4 Å². The molecular weight excluding hydrogens is 540 g/mol. The Balaban J connectivity index is 1.28. The molecule has 2 aromatic heterocycles. The fraction of sp³-hybridized carbons (Fsp3) is 0.323. The summed E-state index contributed by atoms with van der Waals surface area (Å²) >= 11 is 6.43. The van der Waals surface area contributed by atoms with Gasteiger partial charge in [0.05, 0.1) is 16.1 Å². The highest BCUT2D eigenvalue weighted by Gasteiger charge is 2.34. The van der Waals surface area contributed by atoms with E-state index in [1.165, 1.54) is 6.20 Å². The van der Waals surface area contributed by atoms with Crippen LogP contribution in [0.2, 0.25) is 5.02 Å². The van der Waals surface area contributed by atoms with E-state index in [0.29, 0.717) is 59.2 Å². The molecule has 1 N–H and O–H groups in total. The van der Waals surface area contributed by atoms with Gasteiger partial charge in [-0.05, 0) is 43.8 Å². The topological polar surface area (TPSA) is 101 Å². The molecule has 4 aromatic rings. The Labute approximate surface area is 244 Å². The predicted molar refractivity (Wildman–Crippen MR) is 158 cm³/mol. The van der Waals surface area contributed by atoms with Gasteiger partial charge in [0.2, 0.25) is 5.88 Å². The number of piperidine rings is 1. The number of rotatable bonds is 9. The third-order valence-electron chi connectivity index (χ3n) is 7.48. The molecule has 1 saturated heterocycles. The maximum absolute atomic E-state index is 13.6. The molecule has 0 unspecified atom stereocenters. The fourth-order valence-electron chi connectivity index (χ4n) is 5.00. The van der Waals surface area contributed by atoms with Crippen molar-refractivity contribution in [3.8, 4) is 5.88 Å². The van der Waals surface area contributed by atoms with Gasteiger partial charge in [-0.1, -0.05) is 48.9 Å². The van der Waals surface area contributed by atoms with Crippen molar-refractivity contribution < 1.29 is 14.3 Å². The zero-order valence-corrected chi connectivity index (χ0v) is 23.9. The van der Waals surface area contributed by atoms with E-state index in [0.717, 1.165) is 18.7 Å². The van der Waals surface area contributed by atoms with E-state index in [2.05, 4.69) is 32.1 Å². The molecule has 1 fully saturated rings. The molecule has 212 valence electrons. The molecule has 1 aliphatic heterocycles. The van der Waals surface area contributed by atoms with E-state index in [-0.39, 0.29) is 23.8 Å². The van der Waals surface area contributed by atoms with Gasteiger partial charge in [0.15, 0.2) is 0 Å². The minimum Gasteiger partial charge on any atom is -0.476 e. The Bertz CT molecular complexity index is 1500. The quantitative estimate of drug-likeness (QED) is 0.316. The third kappa shape index (κ3) is 6.81. The first kappa shape index (κ1) is 28.4. The van der Waals surface area contributed by atoms with Crippen LogP contribution in [0.1, 0.15) is 45.5 Å². The van der Waals surface area contributed by atoms with E-state index >= 15 is 0 Å². The first-order valence-corrected chi connectivity index (χ1v) is 14.1. The van der Waals surface area contributed by atoms with Crippen molar-refractivity contribution in [3.63, 3.8) is 0 Å². The standard InChI is InChI=1S/C31H33ClN6O3/c1-3-37(2)15-16-41-28-10-9-22(19-35-28)30(39)36-26-11-14-38(20-24(26)21-7-5-4-6-8-21)31(40)23-17-25(32)29-27(18-23)33-12-13-34-29/h4-10,12-13,17-19,24,26H,3,11,14-16,20H2,1-2H3,(H,36,39)/t24-,26-/m1/s1. The lowest BCUT2D eigenvalue weighted by atomic mass is 9.85. The largest absolute Gasteiger partial charge is 0.476 e. The zero-order valence-electron chi connectivity index (χ0n) is 23.2. The van der Waals surface area contributed by atoms with Gasteiger partial charge in [-0.3, -0.25) is 19.6 Å². The summed E-state index contributed by atoms with van der Waals surface area (Å²) in [7, 11) is 2.03. The number of likely N-dealkylation sites (tertiary alicyclic amines) is 1. The Kier molecular flexibility index (Phi) is 9.06. The number of hydrogen-bond acceptors (Lipinski definition) is 7. The Morgan fingerprint density at radius 3 is 2.63 bits per heavy atom. The Morgan fingerprint density at radius 1 is 1.07 bits per heavy atom. The van der Waals surface area contributed by atoms with Crippen molar-refractivity contribution in [2.24, 2.45) is 0 Å². The molecule has 9 nitrogen and oxygen atoms in total. The van der Waals surface area contributed by atoms with Crippen LogP contribution in [0.25, 0.3) is 11.0 Å². The molecule has 0 aliphatic carbocycles. The highest BCUT2D eigenvalue weighted by Crippen LogP contribution is 2.30. The minimum absolute atomic E-state index is 0.0975. The lowest BCUT2D eigenvalue weighted by Crippen LogP contribution is -2.51. The molecule has 2 amide bonds. The van der Waals surface area contributed by atoms with Crippen LogP contribution in [0.4, 0.5) is 0 Å². The zero-order chi connectivity index (χ0) is 28.8. The third-order valence-corrected chi connectivity index (χ3v) is 7.77. The summed E-state index contributed by atoms with van der Waals surface area (Å²) in [6, 6.07) is 16.6. The van der Waals surface area contributed by atoms with Crippen LogP contribution in [0.5, 0.6) is 5.88 Å². The smallest absolute Gasteiger partial charge is 0.254 e. The van der Waals surface area contributed by atoms with Gasteiger partial charge in [-0.2, -0.15) is 0 Å². The van der Waals surface area contributed by atoms with Crippen LogP contribution in [0.15, 0.2) is 73.2 Å². The number of nitrogens with zero attached hydrogens (tertiary/aromatic N) is 5. The van der Waals surface area contributed by atoms with E-state index in [9.17, 15) is 9.59 Å². The van der Waals surface area contributed by atoms with E-state index in [1.54, 1.807) is 36.7 Å². The number of ether oxygens (including phenoxy) is 1. The SMILES string of the molecule is CCN(C)CCOc1ccc(C(=O)N[C@@H]2CCN(C(=O)c3cc(Cl)c4nccnc4c3)C[C@@H]2c2ccccc2)cn1. The number of halogens is 1. The fourth-order valence-corrected chi connectivity index (χ4v) is 5.26. The van der Waals surface area contributed by atoms with Crippen molar-refractivity contribution in [3.05, 3.63) is 94.9 Å². The lowest BCUT2D eigenvalue weighted by molar-refractivity contribution is 0.0671. The highest BCUT2D eigenvalue weighted by atomic mass is 35.5. The van der Waals surface area contributed by atoms with Crippen molar-refractivity contribution >= 4 is 34.4 Å². The molecule has 2 aromatic carbocycles. The second-order valence-electron chi connectivity index (χ2n) is 10.1.